The number of thiophene rings is 1. The molecule has 3 nitrogen and oxygen atoms in total. The molecule has 2 aromatic heterocycles. The Hall–Kier alpha value is -2.43. The van der Waals surface area contributed by atoms with Crippen molar-refractivity contribution in [2.75, 3.05) is 0 Å². The lowest BCUT2D eigenvalue weighted by molar-refractivity contribution is 0.282. The number of aliphatic hydroxyl groups excluding tert-OH is 1. The normalized spacial score (nSPS) is 11.5. The summed E-state index contributed by atoms with van der Waals surface area (Å²) >= 11 is 1.51. The first-order valence-electron chi connectivity index (χ1n) is 8.40. The van der Waals surface area contributed by atoms with Crippen molar-refractivity contribution in [3.63, 3.8) is 0 Å². The van der Waals surface area contributed by atoms with Crippen LogP contribution in [0.25, 0.3) is 32.1 Å². The summed E-state index contributed by atoms with van der Waals surface area (Å²) in [4.78, 5) is 16.5. The van der Waals surface area contributed by atoms with Crippen LogP contribution < -0.4 is 5.56 Å². The van der Waals surface area contributed by atoms with Gasteiger partial charge in [-0.2, -0.15) is 0 Å². The average Bonchev–Trinajstić information content (AvgIpc) is 3.03. The molecule has 0 amide bonds. The molecule has 0 radical (unpaired) electrons. The molecule has 0 unspecified atom stereocenters. The molecule has 2 aromatic carbocycles. The van der Waals surface area contributed by atoms with Gasteiger partial charge in [0.2, 0.25) is 0 Å². The van der Waals surface area contributed by atoms with E-state index in [1.807, 2.05) is 19.1 Å². The van der Waals surface area contributed by atoms with E-state index >= 15 is 0 Å². The number of rotatable bonds is 3. The molecule has 126 valence electrons. The summed E-state index contributed by atoms with van der Waals surface area (Å²) in [6, 6.07) is 14.3. The smallest absolute Gasteiger partial charge is 0.266 e. The van der Waals surface area contributed by atoms with Crippen molar-refractivity contribution in [3.05, 3.63) is 68.8 Å². The second-order valence-corrected chi connectivity index (χ2v) is 7.54. The minimum absolute atomic E-state index is 0.0372. The summed E-state index contributed by atoms with van der Waals surface area (Å²) in [6.45, 7) is 4.11. The molecule has 0 aliphatic heterocycles. The third kappa shape index (κ3) is 2.58. The molecule has 0 atom stereocenters. The van der Waals surface area contributed by atoms with E-state index in [1.165, 1.54) is 16.9 Å². The van der Waals surface area contributed by atoms with E-state index in [4.69, 9.17) is 0 Å². The molecule has 0 spiro atoms. The lowest BCUT2D eigenvalue weighted by Crippen LogP contribution is -2.05. The van der Waals surface area contributed by atoms with E-state index < -0.39 is 0 Å². The zero-order chi connectivity index (χ0) is 17.6. The van der Waals surface area contributed by atoms with Crippen molar-refractivity contribution in [2.45, 2.75) is 26.9 Å². The van der Waals surface area contributed by atoms with Crippen LogP contribution in [0.5, 0.6) is 0 Å². The molecular formula is C21H19NO2S. The first kappa shape index (κ1) is 16.1. The largest absolute Gasteiger partial charge is 0.392 e. The van der Waals surface area contributed by atoms with Crippen LogP contribution in [0, 0.1) is 6.92 Å². The van der Waals surface area contributed by atoms with Crippen molar-refractivity contribution in [1.29, 1.82) is 0 Å². The number of aryl methyl sites for hydroxylation is 2. The second kappa shape index (κ2) is 6.14. The lowest BCUT2D eigenvalue weighted by atomic mass is 9.93. The highest BCUT2D eigenvalue weighted by molar-refractivity contribution is 7.19. The Morgan fingerprint density at radius 1 is 1.12 bits per heavy atom. The molecule has 2 N–H and O–H groups in total. The Morgan fingerprint density at radius 2 is 1.88 bits per heavy atom. The van der Waals surface area contributed by atoms with Crippen LogP contribution in [0.1, 0.15) is 22.9 Å². The number of H-pyrrole nitrogens is 1. The van der Waals surface area contributed by atoms with Gasteiger partial charge >= 0.3 is 0 Å². The number of hydrogen-bond acceptors (Lipinski definition) is 3. The predicted octanol–water partition coefficient (Wildman–Crippen LogP) is 4.77. The van der Waals surface area contributed by atoms with Crippen molar-refractivity contribution in [3.8, 4) is 11.1 Å². The van der Waals surface area contributed by atoms with E-state index in [9.17, 15) is 9.90 Å². The van der Waals surface area contributed by atoms with Crippen LogP contribution in [0.2, 0.25) is 0 Å². The summed E-state index contributed by atoms with van der Waals surface area (Å²) < 4.78 is 0.742. The van der Waals surface area contributed by atoms with Crippen LogP contribution in [0.3, 0.4) is 0 Å². The second-order valence-electron chi connectivity index (χ2n) is 6.28. The average molecular weight is 349 g/mol. The highest BCUT2D eigenvalue weighted by Gasteiger charge is 2.16. The van der Waals surface area contributed by atoms with Crippen LogP contribution in [-0.2, 0) is 13.0 Å². The van der Waals surface area contributed by atoms with Crippen molar-refractivity contribution >= 4 is 32.3 Å². The number of hydrogen-bond donors (Lipinski definition) is 2. The molecule has 0 fully saturated rings. The molecule has 4 rings (SSSR count). The molecule has 0 bridgehead atoms. The van der Waals surface area contributed by atoms with E-state index in [2.05, 4.69) is 42.2 Å². The summed E-state index contributed by atoms with van der Waals surface area (Å²) in [5, 5.41) is 11.9. The van der Waals surface area contributed by atoms with Crippen LogP contribution in [0.4, 0.5) is 0 Å². The van der Waals surface area contributed by atoms with Gasteiger partial charge in [0.05, 0.1) is 6.61 Å². The van der Waals surface area contributed by atoms with Crippen LogP contribution >= 0.6 is 11.3 Å². The van der Waals surface area contributed by atoms with Crippen LogP contribution in [-0.4, -0.2) is 10.1 Å². The van der Waals surface area contributed by atoms with Gasteiger partial charge in [0.25, 0.3) is 5.56 Å². The maximum atomic E-state index is 12.4. The molecule has 4 heteroatoms. The third-order valence-corrected chi connectivity index (χ3v) is 5.74. The zero-order valence-electron chi connectivity index (χ0n) is 14.2. The van der Waals surface area contributed by atoms with E-state index in [0.717, 1.165) is 49.0 Å². The number of pyridine rings is 1. The number of nitrogens with one attached hydrogen (secondary N) is 1. The minimum atomic E-state index is -0.0513. The van der Waals surface area contributed by atoms with Gasteiger partial charge < -0.3 is 10.1 Å². The molecule has 0 saturated heterocycles. The fourth-order valence-electron chi connectivity index (χ4n) is 3.45. The highest BCUT2D eigenvalue weighted by atomic mass is 32.1. The van der Waals surface area contributed by atoms with Crippen molar-refractivity contribution < 1.29 is 5.11 Å². The number of fused-ring (bicyclic) bond motifs is 3. The quantitative estimate of drug-likeness (QED) is 0.559. The lowest BCUT2D eigenvalue weighted by Gasteiger charge is -2.13. The zero-order valence-corrected chi connectivity index (χ0v) is 15.0. The van der Waals surface area contributed by atoms with Crippen LogP contribution in [0.15, 0.2) is 47.3 Å². The topological polar surface area (TPSA) is 53.1 Å². The monoisotopic (exact) mass is 349 g/mol. The maximum absolute atomic E-state index is 12.4. The Balaban J connectivity index is 2.16. The van der Waals surface area contributed by atoms with Gasteiger partial charge in [-0.3, -0.25) is 4.79 Å². The highest BCUT2D eigenvalue weighted by Crippen LogP contribution is 2.37. The van der Waals surface area contributed by atoms with E-state index in [0.29, 0.717) is 0 Å². The minimum Gasteiger partial charge on any atom is -0.392 e. The fraction of sp³-hybridized carbons (Fsp3) is 0.190. The van der Waals surface area contributed by atoms with Gasteiger partial charge in [0.1, 0.15) is 4.70 Å². The third-order valence-electron chi connectivity index (χ3n) is 4.69. The molecule has 0 saturated carbocycles. The molecule has 0 aliphatic rings. The molecule has 25 heavy (non-hydrogen) atoms. The predicted molar refractivity (Wildman–Crippen MR) is 105 cm³/mol. The number of aliphatic hydroxyl groups is 1. The summed E-state index contributed by atoms with van der Waals surface area (Å²) in [7, 11) is 0. The SMILES string of the molecule is CCc1ccc(-c2c(CO)ccc3[nH]c(=O)c4sc(C)cc4c23)cc1. The van der Waals surface area contributed by atoms with Gasteiger partial charge in [0, 0.05) is 21.2 Å². The number of benzene rings is 2. The fourth-order valence-corrected chi connectivity index (χ4v) is 4.36. The molecule has 2 heterocycles. The number of aromatic nitrogens is 1. The Labute approximate surface area is 149 Å². The van der Waals surface area contributed by atoms with Gasteiger partial charge in [-0.1, -0.05) is 37.3 Å². The first-order chi connectivity index (χ1) is 12.1. The standard InChI is InChI=1S/C21H19NO2S/c1-3-13-4-6-14(7-5-13)18-15(11-23)8-9-17-19(18)16-10-12(2)25-20(16)21(24)22-17/h4-10,23H,3,11H2,1-2H3,(H,22,24). The molecule has 4 aromatic rings. The molecular weight excluding hydrogens is 330 g/mol. The Morgan fingerprint density at radius 3 is 2.56 bits per heavy atom. The Bertz CT molecular complexity index is 1140. The first-order valence-corrected chi connectivity index (χ1v) is 9.22. The van der Waals surface area contributed by atoms with E-state index in [1.54, 1.807) is 0 Å². The van der Waals surface area contributed by atoms with Crippen molar-refractivity contribution in [2.24, 2.45) is 0 Å². The number of aromatic amines is 1. The summed E-state index contributed by atoms with van der Waals surface area (Å²) in [5.74, 6) is 0. The summed E-state index contributed by atoms with van der Waals surface area (Å²) in [6.07, 6.45) is 0.990. The summed E-state index contributed by atoms with van der Waals surface area (Å²) in [5.41, 5.74) is 4.96. The van der Waals surface area contributed by atoms with Crippen molar-refractivity contribution in [1.82, 2.24) is 4.98 Å². The molecule has 0 aliphatic carbocycles. The van der Waals surface area contributed by atoms with Gasteiger partial charge in [-0.05, 0) is 47.7 Å². The maximum Gasteiger partial charge on any atom is 0.266 e. The van der Waals surface area contributed by atoms with Gasteiger partial charge in [-0.25, -0.2) is 0 Å². The van der Waals surface area contributed by atoms with E-state index in [-0.39, 0.29) is 12.2 Å². The Kier molecular flexibility index (Phi) is 3.94. The van der Waals surface area contributed by atoms with Gasteiger partial charge in [-0.15, -0.1) is 11.3 Å². The van der Waals surface area contributed by atoms with Gasteiger partial charge in [0.15, 0.2) is 0 Å².